The summed E-state index contributed by atoms with van der Waals surface area (Å²) >= 11 is 0. The van der Waals surface area contributed by atoms with Gasteiger partial charge in [0.2, 0.25) is 0 Å². The molecule has 3 nitrogen and oxygen atoms in total. The first kappa shape index (κ1) is 22.2. The monoisotopic (exact) mass is 428 g/mol. The minimum atomic E-state index is -0.465. The molecule has 0 unspecified atom stereocenters. The van der Waals surface area contributed by atoms with Crippen molar-refractivity contribution >= 4 is 0 Å². The van der Waals surface area contributed by atoms with E-state index in [0.717, 1.165) is 31.6 Å². The Kier molecular flexibility index (Phi) is 5.13. The molecular weight excluding hydrogens is 384 g/mol. The van der Waals surface area contributed by atoms with E-state index >= 15 is 0 Å². The zero-order chi connectivity index (χ0) is 22.3. The van der Waals surface area contributed by atoms with Crippen molar-refractivity contribution in [2.24, 2.45) is 34.5 Å². The highest BCUT2D eigenvalue weighted by Gasteiger charge is 2.76. The van der Waals surface area contributed by atoms with Crippen LogP contribution in [0.25, 0.3) is 0 Å². The van der Waals surface area contributed by atoms with Crippen molar-refractivity contribution in [2.75, 3.05) is 0 Å². The number of rotatable bonds is 5. The first-order chi connectivity index (χ1) is 14.5. The van der Waals surface area contributed by atoms with E-state index in [9.17, 15) is 10.2 Å². The molecule has 3 heteroatoms. The van der Waals surface area contributed by atoms with Crippen molar-refractivity contribution in [3.05, 3.63) is 23.3 Å². The van der Waals surface area contributed by atoms with E-state index < -0.39 is 6.10 Å². The zero-order valence-electron chi connectivity index (χ0n) is 20.4. The van der Waals surface area contributed by atoms with Crippen LogP contribution in [0, 0.1) is 34.5 Å². The smallest absolute Gasteiger partial charge is 0.118 e. The van der Waals surface area contributed by atoms with Gasteiger partial charge in [0, 0.05) is 11.8 Å². The first-order valence-electron chi connectivity index (χ1n) is 13.0. The number of aliphatic hydroxyl groups is 2. The molecule has 0 bridgehead atoms. The second-order valence-electron chi connectivity index (χ2n) is 12.6. The van der Waals surface area contributed by atoms with Gasteiger partial charge in [-0.3, -0.25) is 0 Å². The van der Waals surface area contributed by atoms with E-state index in [4.69, 9.17) is 4.74 Å². The maximum Gasteiger partial charge on any atom is 0.118 e. The lowest BCUT2D eigenvalue weighted by atomic mass is 9.49. The molecule has 9 atom stereocenters. The van der Waals surface area contributed by atoms with Crippen molar-refractivity contribution in [1.82, 2.24) is 0 Å². The molecule has 5 aliphatic rings. The molecule has 2 saturated carbocycles. The highest BCUT2D eigenvalue weighted by Crippen LogP contribution is 2.72. The molecule has 2 N–H and O–H groups in total. The summed E-state index contributed by atoms with van der Waals surface area (Å²) in [7, 11) is 0. The largest absolute Gasteiger partial charge is 0.393 e. The van der Waals surface area contributed by atoms with E-state index in [1.807, 2.05) is 0 Å². The van der Waals surface area contributed by atoms with Crippen LogP contribution in [0.3, 0.4) is 0 Å². The third-order valence-electron chi connectivity index (χ3n) is 10.9. The van der Waals surface area contributed by atoms with Crippen LogP contribution in [0.4, 0.5) is 0 Å². The van der Waals surface area contributed by atoms with E-state index in [-0.39, 0.29) is 28.6 Å². The maximum atomic E-state index is 11.5. The maximum absolute atomic E-state index is 11.5. The Morgan fingerprint density at radius 2 is 1.87 bits per heavy atom. The minimum absolute atomic E-state index is 0.00545. The van der Waals surface area contributed by atoms with Crippen molar-refractivity contribution < 1.29 is 14.9 Å². The summed E-state index contributed by atoms with van der Waals surface area (Å²) in [6.07, 6.45) is 8.94. The van der Waals surface area contributed by atoms with E-state index in [0.29, 0.717) is 24.2 Å². The van der Waals surface area contributed by atoms with E-state index in [1.54, 1.807) is 0 Å². The molecule has 0 radical (unpaired) electrons. The fourth-order valence-electron chi connectivity index (χ4n) is 8.73. The van der Waals surface area contributed by atoms with Gasteiger partial charge in [0.25, 0.3) is 0 Å². The third-order valence-corrected chi connectivity index (χ3v) is 10.9. The Bertz CT molecular complexity index is 798. The quantitative estimate of drug-likeness (QED) is 0.430. The summed E-state index contributed by atoms with van der Waals surface area (Å²) in [5.41, 5.74) is 4.26. The first-order valence-corrected chi connectivity index (χ1v) is 13.0. The average molecular weight is 429 g/mol. The molecule has 174 valence electrons. The van der Waals surface area contributed by atoms with Crippen LogP contribution in [0.1, 0.15) is 92.4 Å². The second-order valence-corrected chi connectivity index (χ2v) is 12.6. The number of hydrogen-bond donors (Lipinski definition) is 2. The summed E-state index contributed by atoms with van der Waals surface area (Å²) in [4.78, 5) is 0. The summed E-state index contributed by atoms with van der Waals surface area (Å²) in [6, 6.07) is 0. The molecule has 1 spiro atoms. The van der Waals surface area contributed by atoms with Gasteiger partial charge >= 0.3 is 0 Å². The number of epoxide rings is 1. The SMILES string of the molecule is C=C(CC[C@@H](C)[C@H]1CC[C@H]2C3=C(CC[C@]12C)[C@@]1(C)CC[C@H](O)C[C@@]12O[C@H]2[C@H]3O)C(C)C. The van der Waals surface area contributed by atoms with Crippen molar-refractivity contribution in [3.8, 4) is 0 Å². The van der Waals surface area contributed by atoms with Crippen LogP contribution in [-0.4, -0.2) is 34.1 Å². The molecule has 1 heterocycles. The summed E-state index contributed by atoms with van der Waals surface area (Å²) < 4.78 is 6.33. The predicted octanol–water partition coefficient (Wildman–Crippen LogP) is 5.80. The molecule has 0 aromatic heterocycles. The van der Waals surface area contributed by atoms with E-state index in [2.05, 4.69) is 41.2 Å². The van der Waals surface area contributed by atoms with Crippen molar-refractivity contribution in [2.45, 2.75) is 116 Å². The molecule has 4 aliphatic carbocycles. The van der Waals surface area contributed by atoms with Gasteiger partial charge in [0.05, 0.1) is 6.10 Å². The normalized spacial score (nSPS) is 49.2. The van der Waals surface area contributed by atoms with Crippen LogP contribution in [0.5, 0.6) is 0 Å². The standard InChI is InChI=1S/C28H44O3/c1-16(2)17(3)7-8-18(4)20-9-10-21-23-22(12-13-26(20,21)5)27(6)14-11-19(29)15-28(27)25(31-28)24(23)30/h16,18-21,24-25,29-30H,3,7-15H2,1-2,4-6H3/t18-,19+,20-,21+,24+,25+,26-,27-,28+/m1/s1. The van der Waals surface area contributed by atoms with Crippen LogP contribution in [-0.2, 0) is 4.74 Å². The van der Waals surface area contributed by atoms with Crippen molar-refractivity contribution in [1.29, 1.82) is 0 Å². The number of fused-ring (bicyclic) bond motifs is 3. The molecule has 0 amide bonds. The molecule has 5 rings (SSSR count). The molecule has 1 saturated heterocycles. The van der Waals surface area contributed by atoms with Gasteiger partial charge in [-0.15, -0.1) is 0 Å². The van der Waals surface area contributed by atoms with Gasteiger partial charge in [-0.2, -0.15) is 0 Å². The summed E-state index contributed by atoms with van der Waals surface area (Å²) in [6.45, 7) is 16.2. The van der Waals surface area contributed by atoms with Gasteiger partial charge in [0.15, 0.2) is 0 Å². The van der Waals surface area contributed by atoms with Crippen LogP contribution < -0.4 is 0 Å². The predicted molar refractivity (Wildman–Crippen MR) is 125 cm³/mol. The Hall–Kier alpha value is -0.640. The van der Waals surface area contributed by atoms with Gasteiger partial charge < -0.3 is 14.9 Å². The Morgan fingerprint density at radius 3 is 2.58 bits per heavy atom. The Labute approximate surface area is 189 Å². The molecule has 0 aromatic carbocycles. The number of aliphatic hydroxyl groups excluding tert-OH is 2. The number of allylic oxidation sites excluding steroid dienone is 1. The molecule has 1 aliphatic heterocycles. The number of ether oxygens (including phenoxy) is 1. The van der Waals surface area contributed by atoms with Crippen LogP contribution >= 0.6 is 0 Å². The molecule has 0 aromatic rings. The fourth-order valence-corrected chi connectivity index (χ4v) is 8.73. The minimum Gasteiger partial charge on any atom is -0.393 e. The molecule has 3 fully saturated rings. The number of hydrogen-bond acceptors (Lipinski definition) is 3. The van der Waals surface area contributed by atoms with Crippen LogP contribution in [0.2, 0.25) is 0 Å². The lowest BCUT2D eigenvalue weighted by Crippen LogP contribution is -2.55. The Balaban J connectivity index is 1.42. The molecule has 31 heavy (non-hydrogen) atoms. The lowest BCUT2D eigenvalue weighted by Gasteiger charge is -2.54. The summed E-state index contributed by atoms with van der Waals surface area (Å²) in [5, 5.41) is 21.9. The summed E-state index contributed by atoms with van der Waals surface area (Å²) in [5.74, 6) is 2.50. The van der Waals surface area contributed by atoms with Gasteiger partial charge in [-0.25, -0.2) is 0 Å². The third kappa shape index (κ3) is 2.95. The lowest BCUT2D eigenvalue weighted by molar-refractivity contribution is -0.00152. The fraction of sp³-hybridized carbons (Fsp3) is 0.857. The highest BCUT2D eigenvalue weighted by molar-refractivity contribution is 5.45. The van der Waals surface area contributed by atoms with Crippen LogP contribution in [0.15, 0.2) is 23.3 Å². The average Bonchev–Trinajstić information content (AvgIpc) is 3.34. The van der Waals surface area contributed by atoms with Gasteiger partial charge in [-0.05, 0) is 86.0 Å². The second kappa shape index (κ2) is 7.18. The van der Waals surface area contributed by atoms with Gasteiger partial charge in [-0.1, -0.05) is 52.3 Å². The van der Waals surface area contributed by atoms with Gasteiger partial charge in [0.1, 0.15) is 17.8 Å². The van der Waals surface area contributed by atoms with E-state index in [1.165, 1.54) is 42.4 Å². The van der Waals surface area contributed by atoms with Crippen molar-refractivity contribution in [3.63, 3.8) is 0 Å². The topological polar surface area (TPSA) is 53.0 Å². The highest BCUT2D eigenvalue weighted by atomic mass is 16.6. The Morgan fingerprint density at radius 1 is 1.13 bits per heavy atom. The zero-order valence-corrected chi connectivity index (χ0v) is 20.4. The molecular formula is C28H44O3.